The molecule has 0 unspecified atom stereocenters. The van der Waals surface area contributed by atoms with E-state index in [9.17, 15) is 10.1 Å². The average molecular weight is 303 g/mol. The van der Waals surface area contributed by atoms with Crippen molar-refractivity contribution in [2.45, 2.75) is 19.3 Å². The van der Waals surface area contributed by atoms with E-state index in [-0.39, 0.29) is 23.4 Å². The second-order valence-electron chi connectivity index (χ2n) is 4.52. The Balaban J connectivity index is 3.70. The Hall–Kier alpha value is -2.38. The average Bonchev–Trinajstić information content (AvgIpc) is 2.43. The van der Waals surface area contributed by atoms with Crippen molar-refractivity contribution >= 4 is 13.0 Å². The van der Waals surface area contributed by atoms with Crippen LogP contribution in [0.15, 0.2) is 44.0 Å². The Kier molecular flexibility index (Phi) is 6.56. The molecular formula is C15H18BNO5. The lowest BCUT2D eigenvalue weighted by Crippen LogP contribution is -2.22. The van der Waals surface area contributed by atoms with Gasteiger partial charge < -0.3 is 14.7 Å². The zero-order chi connectivity index (χ0) is 16.7. The number of nitro groups is 1. The van der Waals surface area contributed by atoms with Crippen LogP contribution in [0.25, 0.3) is 0 Å². The summed E-state index contributed by atoms with van der Waals surface area (Å²) in [6, 6.07) is 1.56. The van der Waals surface area contributed by atoms with Gasteiger partial charge in [-0.2, -0.15) is 0 Å². The fraction of sp³-hybridized carbons (Fsp3) is 0.200. The third-order valence-electron chi connectivity index (χ3n) is 3.04. The van der Waals surface area contributed by atoms with Crippen LogP contribution in [0.2, 0.25) is 0 Å². The Morgan fingerprint density at radius 1 is 1.14 bits per heavy atom. The molecule has 0 aliphatic carbocycles. The maximum absolute atomic E-state index is 11.5. The van der Waals surface area contributed by atoms with Gasteiger partial charge in [-0.05, 0) is 24.5 Å². The monoisotopic (exact) mass is 303 g/mol. The van der Waals surface area contributed by atoms with Crippen LogP contribution in [0.4, 0.5) is 5.69 Å². The van der Waals surface area contributed by atoms with Crippen molar-refractivity contribution in [3.8, 4) is 5.75 Å². The number of nitrogens with zero attached hydrogens (tertiary/aromatic N) is 1. The molecule has 0 heterocycles. The van der Waals surface area contributed by atoms with Crippen LogP contribution in [0.3, 0.4) is 0 Å². The van der Waals surface area contributed by atoms with Gasteiger partial charge in [0.25, 0.3) is 5.69 Å². The first-order valence-corrected chi connectivity index (χ1v) is 6.63. The van der Waals surface area contributed by atoms with Crippen molar-refractivity contribution in [2.75, 3.05) is 0 Å². The summed E-state index contributed by atoms with van der Waals surface area (Å²) < 4.78 is 4.91. The van der Waals surface area contributed by atoms with Gasteiger partial charge in [0.15, 0.2) is 0 Å². The van der Waals surface area contributed by atoms with Gasteiger partial charge in [-0.1, -0.05) is 18.2 Å². The van der Waals surface area contributed by atoms with Gasteiger partial charge in [-0.25, -0.2) is 0 Å². The van der Waals surface area contributed by atoms with Crippen LogP contribution in [-0.4, -0.2) is 22.3 Å². The molecule has 0 spiro atoms. The molecule has 0 aliphatic heterocycles. The van der Waals surface area contributed by atoms with Crippen molar-refractivity contribution in [3.63, 3.8) is 0 Å². The molecule has 0 atom stereocenters. The van der Waals surface area contributed by atoms with Gasteiger partial charge in [-0.3, -0.25) is 10.1 Å². The van der Waals surface area contributed by atoms with E-state index in [2.05, 4.69) is 19.7 Å². The molecule has 1 aromatic carbocycles. The standard InChI is InChI=1S/C15H18BNO5/c1-4-7-11-10-14(22-16(18)19)13(9-6-3)15(17(20)21)12(11)8-5-2/h4-6,10,18-19H,1-3,7-9H2. The van der Waals surface area contributed by atoms with E-state index in [1.807, 2.05) is 0 Å². The topological polar surface area (TPSA) is 92.8 Å². The predicted molar refractivity (Wildman–Crippen MR) is 85.6 cm³/mol. The van der Waals surface area contributed by atoms with Crippen LogP contribution in [0, 0.1) is 10.1 Å². The second kappa shape index (κ2) is 8.16. The van der Waals surface area contributed by atoms with Gasteiger partial charge in [0.2, 0.25) is 0 Å². The van der Waals surface area contributed by atoms with E-state index in [1.54, 1.807) is 18.2 Å². The smallest absolute Gasteiger partial charge is 0.512 e. The second-order valence-corrected chi connectivity index (χ2v) is 4.52. The molecule has 1 aromatic rings. The molecule has 0 aliphatic rings. The van der Waals surface area contributed by atoms with Crippen LogP contribution >= 0.6 is 0 Å². The van der Waals surface area contributed by atoms with Crippen LogP contribution in [0.1, 0.15) is 16.7 Å². The van der Waals surface area contributed by atoms with Crippen LogP contribution < -0.4 is 4.65 Å². The van der Waals surface area contributed by atoms with Crippen molar-refractivity contribution in [1.29, 1.82) is 0 Å². The predicted octanol–water partition coefficient (Wildman–Crippen LogP) is 2.13. The molecule has 0 radical (unpaired) electrons. The zero-order valence-electron chi connectivity index (χ0n) is 12.2. The molecule has 0 saturated heterocycles. The molecule has 22 heavy (non-hydrogen) atoms. The van der Waals surface area contributed by atoms with Gasteiger partial charge in [0, 0.05) is 12.0 Å². The van der Waals surface area contributed by atoms with Gasteiger partial charge in [-0.15, -0.1) is 19.7 Å². The molecule has 7 heteroatoms. The van der Waals surface area contributed by atoms with Crippen molar-refractivity contribution < 1.29 is 19.6 Å². The molecule has 0 amide bonds. The highest BCUT2D eigenvalue weighted by Gasteiger charge is 2.27. The third kappa shape index (κ3) is 4.06. The number of hydrogen-bond donors (Lipinski definition) is 2. The van der Waals surface area contributed by atoms with Gasteiger partial charge in [0.1, 0.15) is 5.75 Å². The summed E-state index contributed by atoms with van der Waals surface area (Å²) in [7, 11) is -2.06. The summed E-state index contributed by atoms with van der Waals surface area (Å²) in [6.07, 6.45) is 5.54. The maximum Gasteiger partial charge on any atom is 0.707 e. The Morgan fingerprint density at radius 3 is 2.14 bits per heavy atom. The Morgan fingerprint density at radius 2 is 1.68 bits per heavy atom. The fourth-order valence-electron chi connectivity index (χ4n) is 2.27. The fourth-order valence-corrected chi connectivity index (χ4v) is 2.27. The molecule has 0 fully saturated rings. The SMILES string of the molecule is C=CCc1cc(OB(O)O)c(CC=C)c([N+](=O)[O-])c1CC=C. The minimum absolute atomic E-state index is 0.0475. The number of nitro benzene ring substituents is 1. The molecule has 0 saturated carbocycles. The Bertz CT molecular complexity index is 598. The first-order chi connectivity index (χ1) is 10.5. The summed E-state index contributed by atoms with van der Waals surface area (Å²) in [6.45, 7) is 10.8. The van der Waals surface area contributed by atoms with E-state index >= 15 is 0 Å². The minimum Gasteiger partial charge on any atom is -0.512 e. The van der Waals surface area contributed by atoms with Gasteiger partial charge in [0.05, 0.1) is 10.5 Å². The summed E-state index contributed by atoms with van der Waals surface area (Å²) >= 11 is 0. The molecule has 2 N–H and O–H groups in total. The highest BCUT2D eigenvalue weighted by molar-refractivity contribution is 6.33. The molecule has 0 aromatic heterocycles. The number of benzene rings is 1. The Labute approximate surface area is 129 Å². The van der Waals surface area contributed by atoms with Crippen molar-refractivity contribution in [2.24, 2.45) is 0 Å². The van der Waals surface area contributed by atoms with E-state index in [0.29, 0.717) is 24.0 Å². The molecule has 1 rings (SSSR count). The largest absolute Gasteiger partial charge is 0.707 e. The summed E-state index contributed by atoms with van der Waals surface area (Å²) in [5.74, 6) is 0.0475. The zero-order valence-corrected chi connectivity index (χ0v) is 12.2. The van der Waals surface area contributed by atoms with E-state index in [4.69, 9.17) is 14.7 Å². The minimum atomic E-state index is -2.06. The summed E-state index contributed by atoms with van der Waals surface area (Å²) in [5, 5.41) is 29.6. The number of rotatable bonds is 9. The number of hydrogen-bond acceptors (Lipinski definition) is 5. The summed E-state index contributed by atoms with van der Waals surface area (Å²) in [5.41, 5.74) is 1.27. The molecular weight excluding hydrogens is 285 g/mol. The lowest BCUT2D eigenvalue weighted by Gasteiger charge is -2.16. The van der Waals surface area contributed by atoms with Crippen LogP contribution in [-0.2, 0) is 19.3 Å². The molecule has 0 bridgehead atoms. The third-order valence-corrected chi connectivity index (χ3v) is 3.04. The summed E-state index contributed by atoms with van der Waals surface area (Å²) in [4.78, 5) is 11.0. The first kappa shape index (κ1) is 17.7. The van der Waals surface area contributed by atoms with E-state index in [0.717, 1.165) is 0 Å². The van der Waals surface area contributed by atoms with E-state index in [1.165, 1.54) is 6.08 Å². The van der Waals surface area contributed by atoms with E-state index < -0.39 is 12.2 Å². The number of allylic oxidation sites excluding steroid dienone is 3. The van der Waals surface area contributed by atoms with Crippen molar-refractivity contribution in [1.82, 2.24) is 0 Å². The first-order valence-electron chi connectivity index (χ1n) is 6.63. The van der Waals surface area contributed by atoms with Gasteiger partial charge >= 0.3 is 7.32 Å². The van der Waals surface area contributed by atoms with Crippen LogP contribution in [0.5, 0.6) is 5.75 Å². The molecule has 6 nitrogen and oxygen atoms in total. The lowest BCUT2D eigenvalue weighted by molar-refractivity contribution is -0.386. The normalized spacial score (nSPS) is 9.91. The lowest BCUT2D eigenvalue weighted by atomic mass is 9.93. The quantitative estimate of drug-likeness (QED) is 0.315. The van der Waals surface area contributed by atoms with Crippen molar-refractivity contribution in [3.05, 3.63) is 70.8 Å². The highest BCUT2D eigenvalue weighted by atomic mass is 16.6. The highest BCUT2D eigenvalue weighted by Crippen LogP contribution is 2.36. The molecule has 116 valence electrons. The maximum atomic E-state index is 11.5.